The Balaban J connectivity index is 3.02. The van der Waals surface area contributed by atoms with E-state index < -0.39 is 18.8 Å². The molecule has 0 aliphatic carbocycles. The second-order valence-electron chi connectivity index (χ2n) is 2.07. The van der Waals surface area contributed by atoms with Gasteiger partial charge in [0, 0.05) is 0 Å². The Morgan fingerprint density at radius 1 is 1.20 bits per heavy atom. The molecule has 0 unspecified atom stereocenters. The van der Waals surface area contributed by atoms with Crippen molar-refractivity contribution in [2.24, 2.45) is 0 Å². The second kappa shape index (κ2) is 1.74. The predicted octanol–water partition coefficient (Wildman–Crippen LogP) is 2.44. The van der Waals surface area contributed by atoms with Crippen molar-refractivity contribution in [3.63, 3.8) is 0 Å². The first kappa shape index (κ1) is 6.16. The molecule has 0 saturated carbocycles. The minimum atomic E-state index is -1.81. The van der Waals surface area contributed by atoms with Crippen LogP contribution >= 0.6 is 8.58 Å². The van der Waals surface area contributed by atoms with E-state index in [1.807, 2.05) is 0 Å². The number of hydrogen-bond acceptors (Lipinski definition) is 0. The van der Waals surface area contributed by atoms with E-state index in [2.05, 4.69) is 14.0 Å². The van der Waals surface area contributed by atoms with Crippen molar-refractivity contribution in [3.8, 4) is 0 Å². The van der Waals surface area contributed by atoms with Gasteiger partial charge in [-0.1, -0.05) is 0 Å². The van der Waals surface area contributed by atoms with Crippen LogP contribution < -0.4 is 0 Å². The second-order valence-corrected chi connectivity index (χ2v) is 26.2. The molecule has 2 heteroatoms. The van der Waals surface area contributed by atoms with Gasteiger partial charge in [0.25, 0.3) is 0 Å². The fourth-order valence-corrected chi connectivity index (χ4v) is 0. The van der Waals surface area contributed by atoms with Crippen molar-refractivity contribution >= 4 is 8.58 Å². The van der Waals surface area contributed by atoms with Crippen molar-refractivity contribution in [2.75, 3.05) is 0 Å². The van der Waals surface area contributed by atoms with Crippen LogP contribution in [0.25, 0.3) is 0 Å². The van der Waals surface area contributed by atoms with Gasteiger partial charge in [-0.3, -0.25) is 0 Å². The van der Waals surface area contributed by atoms with Gasteiger partial charge < -0.3 is 0 Å². The van der Waals surface area contributed by atoms with E-state index in [1.165, 1.54) is 0 Å². The van der Waals surface area contributed by atoms with Crippen LogP contribution in [-0.2, 0) is 18.8 Å². The molecule has 0 atom stereocenters. The van der Waals surface area contributed by atoms with Crippen LogP contribution in [0.5, 0.6) is 0 Å². The van der Waals surface area contributed by atoms with Crippen molar-refractivity contribution in [1.82, 2.24) is 0 Å². The Morgan fingerprint density at radius 3 is 1.20 bits per heavy atom. The average Bonchev–Trinajstić information content (AvgIpc) is 0.722. The summed E-state index contributed by atoms with van der Waals surface area (Å²) in [4.78, 5) is 0. The van der Waals surface area contributed by atoms with Crippen LogP contribution in [0.4, 0.5) is 0 Å². The van der Waals surface area contributed by atoms with Gasteiger partial charge >= 0.3 is 41.4 Å². The van der Waals surface area contributed by atoms with E-state index in [0.717, 1.165) is 0 Å². The molecule has 0 fully saturated rings. The Morgan fingerprint density at radius 2 is 1.20 bits per heavy atom. The molecule has 0 rings (SSSR count). The third-order valence-electron chi connectivity index (χ3n) is 0. The third kappa shape index (κ3) is 38.3. The summed E-state index contributed by atoms with van der Waals surface area (Å²) in [6.07, 6.45) is 0. The molecule has 0 aromatic heterocycles. The quantitative estimate of drug-likeness (QED) is 0.586. The Labute approximate surface area is 41.4 Å². The summed E-state index contributed by atoms with van der Waals surface area (Å²) in [5.41, 5.74) is 0. The minimum absolute atomic E-state index is 1.81. The zero-order chi connectivity index (χ0) is 4.50. The molecule has 0 nitrogen and oxygen atoms in total. The van der Waals surface area contributed by atoms with Gasteiger partial charge in [0.1, 0.15) is 0 Å². The van der Waals surface area contributed by atoms with Gasteiger partial charge in [0.15, 0.2) is 0 Å². The molecule has 0 N–H and O–H groups in total. The first-order chi connectivity index (χ1) is 2.00. The van der Waals surface area contributed by atoms with Crippen molar-refractivity contribution in [3.05, 3.63) is 0 Å². The van der Waals surface area contributed by atoms with Crippen molar-refractivity contribution in [2.45, 2.75) is 14.0 Å². The van der Waals surface area contributed by atoms with E-state index >= 15 is 0 Å². The van der Waals surface area contributed by atoms with Gasteiger partial charge in [-0.05, 0) is 0 Å². The van der Waals surface area contributed by atoms with E-state index in [9.17, 15) is 0 Å². The molecular formula is C3H9ClHf. The molecule has 32 valence electrons. The summed E-state index contributed by atoms with van der Waals surface area (Å²) < 4.78 is 6.53. The SMILES string of the molecule is [CH3][Hf]([CH3])([CH3])[Cl]. The summed E-state index contributed by atoms with van der Waals surface area (Å²) in [5.74, 6) is 0. The molecule has 0 saturated heterocycles. The van der Waals surface area contributed by atoms with E-state index in [4.69, 9.17) is 8.58 Å². The van der Waals surface area contributed by atoms with Crippen LogP contribution in [0.15, 0.2) is 0 Å². The van der Waals surface area contributed by atoms with Gasteiger partial charge in [-0.25, -0.2) is 0 Å². The summed E-state index contributed by atoms with van der Waals surface area (Å²) in [6.45, 7) is 0. The topological polar surface area (TPSA) is 0 Å². The predicted molar refractivity (Wildman–Crippen MR) is 23.4 cm³/mol. The Hall–Kier alpha value is 1.16. The van der Waals surface area contributed by atoms with E-state index in [-0.39, 0.29) is 0 Å². The van der Waals surface area contributed by atoms with E-state index in [1.54, 1.807) is 0 Å². The molecule has 0 aromatic carbocycles. The first-order valence-corrected chi connectivity index (χ1v) is 16.9. The molecule has 0 aliphatic heterocycles. The molecule has 0 aromatic rings. The Kier molecular flexibility index (Phi) is 2.15. The molecule has 0 aliphatic rings. The van der Waals surface area contributed by atoms with Crippen LogP contribution in [0.3, 0.4) is 0 Å². The summed E-state index contributed by atoms with van der Waals surface area (Å²) in [6, 6.07) is 0. The average molecular weight is 259 g/mol. The fourth-order valence-electron chi connectivity index (χ4n) is 0. The maximum atomic E-state index is 5.75. The molecule has 0 radical (unpaired) electrons. The van der Waals surface area contributed by atoms with Crippen LogP contribution in [0.1, 0.15) is 0 Å². The van der Waals surface area contributed by atoms with Crippen molar-refractivity contribution < 1.29 is 18.8 Å². The molecule has 0 amide bonds. The van der Waals surface area contributed by atoms with Gasteiger partial charge in [-0.15, -0.1) is 0 Å². The summed E-state index contributed by atoms with van der Waals surface area (Å²) >= 11 is -1.81. The van der Waals surface area contributed by atoms with Gasteiger partial charge in [0.05, 0.1) is 0 Å². The van der Waals surface area contributed by atoms with Crippen LogP contribution in [0.2, 0.25) is 14.0 Å². The monoisotopic (exact) mass is 260 g/mol. The number of rotatable bonds is 0. The summed E-state index contributed by atoms with van der Waals surface area (Å²) in [5, 5.41) is 0. The molecule has 0 bridgehead atoms. The van der Waals surface area contributed by atoms with Crippen molar-refractivity contribution in [1.29, 1.82) is 0 Å². The molecule has 0 heterocycles. The van der Waals surface area contributed by atoms with Crippen LogP contribution in [-0.4, -0.2) is 0 Å². The number of hydrogen-bond donors (Lipinski definition) is 0. The van der Waals surface area contributed by atoms with E-state index in [0.29, 0.717) is 0 Å². The standard InChI is InChI=1S/3CH3.ClH.Hf/h3*1H3;1H;/q;;;;+1/p-1. The summed E-state index contributed by atoms with van der Waals surface area (Å²) in [7, 11) is 5.75. The number of halogens is 1. The fraction of sp³-hybridized carbons (Fsp3) is 1.00. The third-order valence-corrected chi connectivity index (χ3v) is 0. The molecular weight excluding hydrogens is 250 g/mol. The zero-order valence-electron chi connectivity index (χ0n) is 3.88. The normalized spacial score (nSPS) is 12.0. The van der Waals surface area contributed by atoms with Crippen LogP contribution in [0, 0.1) is 0 Å². The molecule has 5 heavy (non-hydrogen) atoms. The molecule has 0 spiro atoms. The maximum absolute atomic E-state index is 5.75. The van der Waals surface area contributed by atoms with Gasteiger partial charge in [0.2, 0.25) is 0 Å². The zero-order valence-corrected chi connectivity index (χ0v) is 8.23. The first-order valence-electron chi connectivity index (χ1n) is 1.69. The van der Waals surface area contributed by atoms with Gasteiger partial charge in [-0.2, -0.15) is 0 Å². The Bertz CT molecular complexity index is 22.4.